The number of benzene rings is 1. The van der Waals surface area contributed by atoms with Crippen LogP contribution in [-0.4, -0.2) is 21.0 Å². The number of aryl methyl sites for hydroxylation is 1. The minimum atomic E-state index is -1.06. The Morgan fingerprint density at radius 1 is 1.19 bits per heavy atom. The summed E-state index contributed by atoms with van der Waals surface area (Å²) < 4.78 is 0. The van der Waals surface area contributed by atoms with Crippen LogP contribution in [0.3, 0.4) is 0 Å². The Hall–Kier alpha value is -3.36. The Morgan fingerprint density at radius 2 is 2.00 bits per heavy atom. The van der Waals surface area contributed by atoms with Crippen molar-refractivity contribution in [2.24, 2.45) is 0 Å². The van der Waals surface area contributed by atoms with Crippen LogP contribution in [-0.2, 0) is 6.42 Å². The lowest BCUT2D eigenvalue weighted by Crippen LogP contribution is -1.99. The van der Waals surface area contributed by atoms with Gasteiger partial charge in [-0.3, -0.25) is 4.98 Å². The number of hydrogen-bond donors (Lipinski definition) is 2. The molecule has 0 aliphatic rings. The maximum Gasteiger partial charge on any atom is 0.337 e. The van der Waals surface area contributed by atoms with Crippen LogP contribution < -0.4 is 5.73 Å². The summed E-state index contributed by atoms with van der Waals surface area (Å²) in [5.41, 5.74) is 9.65. The van der Waals surface area contributed by atoms with Gasteiger partial charge in [0.25, 0.3) is 0 Å². The number of pyridine rings is 2. The van der Waals surface area contributed by atoms with E-state index in [1.807, 2.05) is 13.0 Å². The zero-order chi connectivity index (χ0) is 19.4. The van der Waals surface area contributed by atoms with Crippen molar-refractivity contribution >= 4 is 23.4 Å². The molecule has 27 heavy (non-hydrogen) atoms. The highest BCUT2D eigenvalue weighted by Crippen LogP contribution is 2.29. The van der Waals surface area contributed by atoms with Crippen LogP contribution in [0.5, 0.6) is 0 Å². The van der Waals surface area contributed by atoms with Crippen LogP contribution in [0.4, 0.5) is 5.82 Å². The highest BCUT2D eigenvalue weighted by atomic mass is 35.5. The quantitative estimate of drug-likeness (QED) is 0.672. The number of hydrogen-bond acceptors (Lipinski definition) is 4. The van der Waals surface area contributed by atoms with Crippen molar-refractivity contribution in [1.29, 1.82) is 0 Å². The van der Waals surface area contributed by atoms with Crippen molar-refractivity contribution < 1.29 is 9.90 Å². The molecule has 0 saturated carbocycles. The number of carbonyl (C=O) groups is 1. The van der Waals surface area contributed by atoms with E-state index in [-0.39, 0.29) is 10.6 Å². The fraction of sp³-hybridized carbons (Fsp3) is 0.0952. The zero-order valence-electron chi connectivity index (χ0n) is 14.5. The molecule has 0 fully saturated rings. The van der Waals surface area contributed by atoms with Crippen molar-refractivity contribution in [2.75, 3.05) is 5.73 Å². The highest BCUT2D eigenvalue weighted by molar-refractivity contribution is 6.33. The predicted octanol–water partition coefficient (Wildman–Crippen LogP) is 4.04. The Kier molecular flexibility index (Phi) is 5.39. The molecule has 0 bridgehead atoms. The van der Waals surface area contributed by atoms with Gasteiger partial charge in [0.15, 0.2) is 0 Å². The summed E-state index contributed by atoms with van der Waals surface area (Å²) in [6, 6.07) is 10.2. The monoisotopic (exact) mass is 377 g/mol. The second kappa shape index (κ2) is 7.90. The number of nitrogen functional groups attached to an aromatic ring is 1. The molecule has 2 heterocycles. The molecule has 3 rings (SSSR count). The minimum absolute atomic E-state index is 0.0609. The van der Waals surface area contributed by atoms with Crippen molar-refractivity contribution in [3.05, 3.63) is 76.2 Å². The summed E-state index contributed by atoms with van der Waals surface area (Å²) in [4.78, 5) is 19.6. The number of aromatic nitrogens is 2. The average molecular weight is 378 g/mol. The topological polar surface area (TPSA) is 89.1 Å². The fourth-order valence-electron chi connectivity index (χ4n) is 2.62. The Morgan fingerprint density at radius 3 is 2.63 bits per heavy atom. The number of carboxylic acids is 1. The molecule has 0 spiro atoms. The van der Waals surface area contributed by atoms with Crippen molar-refractivity contribution in [1.82, 2.24) is 9.97 Å². The van der Waals surface area contributed by atoms with Gasteiger partial charge < -0.3 is 10.8 Å². The fourth-order valence-corrected chi connectivity index (χ4v) is 2.88. The molecule has 2 aromatic heterocycles. The van der Waals surface area contributed by atoms with Gasteiger partial charge in [-0.15, -0.1) is 0 Å². The van der Waals surface area contributed by atoms with E-state index in [0.29, 0.717) is 12.2 Å². The lowest BCUT2D eigenvalue weighted by Gasteiger charge is -2.10. The smallest absolute Gasteiger partial charge is 0.337 e. The second-order valence-electron chi connectivity index (χ2n) is 5.76. The zero-order valence-corrected chi connectivity index (χ0v) is 15.3. The van der Waals surface area contributed by atoms with Gasteiger partial charge in [0.1, 0.15) is 5.82 Å². The largest absolute Gasteiger partial charge is 0.478 e. The third kappa shape index (κ3) is 4.08. The summed E-state index contributed by atoms with van der Waals surface area (Å²) in [5, 5.41) is 9.34. The molecule has 3 aromatic rings. The first-order chi connectivity index (χ1) is 13.0. The van der Waals surface area contributed by atoms with E-state index in [1.165, 1.54) is 6.07 Å². The maximum atomic E-state index is 11.2. The molecule has 6 heteroatoms. The van der Waals surface area contributed by atoms with E-state index < -0.39 is 5.97 Å². The van der Waals surface area contributed by atoms with Crippen molar-refractivity contribution in [2.45, 2.75) is 13.3 Å². The number of carboxylic acid groups (broad SMARTS) is 1. The summed E-state index contributed by atoms with van der Waals surface area (Å²) in [6.45, 7) is 2.00. The van der Waals surface area contributed by atoms with Gasteiger partial charge in [-0.25, -0.2) is 9.78 Å². The van der Waals surface area contributed by atoms with Crippen LogP contribution in [0.1, 0.15) is 34.1 Å². The number of nitrogens with zero attached hydrogens (tertiary/aromatic N) is 2. The summed E-state index contributed by atoms with van der Waals surface area (Å²) in [7, 11) is 0. The first-order valence-electron chi connectivity index (χ1n) is 8.24. The molecule has 0 saturated heterocycles. The molecular formula is C21H16ClN3O2. The predicted molar refractivity (Wildman–Crippen MR) is 106 cm³/mol. The van der Waals surface area contributed by atoms with Gasteiger partial charge >= 0.3 is 5.97 Å². The number of nitrogens with two attached hydrogens (primary N) is 1. The second-order valence-corrected chi connectivity index (χ2v) is 6.16. The third-order valence-corrected chi connectivity index (χ3v) is 4.31. The Balaban J connectivity index is 2.11. The van der Waals surface area contributed by atoms with E-state index in [2.05, 4.69) is 21.8 Å². The lowest BCUT2D eigenvalue weighted by atomic mass is 9.97. The highest BCUT2D eigenvalue weighted by Gasteiger charge is 2.13. The van der Waals surface area contributed by atoms with E-state index in [4.69, 9.17) is 22.4 Å². The van der Waals surface area contributed by atoms with Gasteiger partial charge in [-0.2, -0.15) is 0 Å². The van der Waals surface area contributed by atoms with E-state index >= 15 is 0 Å². The summed E-state index contributed by atoms with van der Waals surface area (Å²) in [5.74, 6) is 5.62. The molecule has 0 unspecified atom stereocenters. The van der Waals surface area contributed by atoms with Crippen LogP contribution in [0, 0.1) is 11.8 Å². The lowest BCUT2D eigenvalue weighted by molar-refractivity contribution is 0.0697. The van der Waals surface area contributed by atoms with Gasteiger partial charge in [0.2, 0.25) is 0 Å². The van der Waals surface area contributed by atoms with E-state index in [1.54, 1.807) is 36.7 Å². The van der Waals surface area contributed by atoms with Crippen LogP contribution >= 0.6 is 11.6 Å². The molecule has 1 aromatic carbocycles. The first-order valence-corrected chi connectivity index (χ1v) is 8.62. The number of aromatic carboxylic acids is 1. The maximum absolute atomic E-state index is 11.2. The molecule has 0 aliphatic carbocycles. The SMILES string of the molecule is CCc1nccc(-c2ccc(C(=O)O)c(Cl)c2)c1C#Cc1ccc(N)nc1. The van der Waals surface area contributed by atoms with Gasteiger partial charge in [-0.05, 0) is 42.3 Å². The normalized spacial score (nSPS) is 10.1. The Labute approximate surface area is 161 Å². The molecular weight excluding hydrogens is 362 g/mol. The molecule has 0 atom stereocenters. The standard InChI is InChI=1S/C21H16ClN3O2/c1-2-19-16(6-3-13-4-8-20(23)25-12-13)15(9-10-24-19)14-5-7-17(21(26)27)18(22)11-14/h4-5,7-12H,2H2,1H3,(H2,23,25)(H,26,27). The summed E-state index contributed by atoms with van der Waals surface area (Å²) >= 11 is 6.14. The molecule has 0 amide bonds. The average Bonchev–Trinajstić information content (AvgIpc) is 2.67. The van der Waals surface area contributed by atoms with Crippen LogP contribution in [0.25, 0.3) is 11.1 Å². The van der Waals surface area contributed by atoms with Crippen LogP contribution in [0.2, 0.25) is 5.02 Å². The van der Waals surface area contributed by atoms with Gasteiger partial charge in [0.05, 0.1) is 21.8 Å². The first kappa shape index (κ1) is 18.4. The van der Waals surface area contributed by atoms with E-state index in [0.717, 1.165) is 27.9 Å². The van der Waals surface area contributed by atoms with Crippen LogP contribution in [0.15, 0.2) is 48.8 Å². The molecule has 134 valence electrons. The third-order valence-electron chi connectivity index (χ3n) is 3.99. The number of rotatable bonds is 3. The minimum Gasteiger partial charge on any atom is -0.478 e. The Bertz CT molecular complexity index is 1070. The van der Waals surface area contributed by atoms with Crippen molar-refractivity contribution in [3.63, 3.8) is 0 Å². The van der Waals surface area contributed by atoms with Gasteiger partial charge in [-0.1, -0.05) is 36.4 Å². The molecule has 5 nitrogen and oxygen atoms in total. The number of halogens is 1. The van der Waals surface area contributed by atoms with E-state index in [9.17, 15) is 4.79 Å². The summed E-state index contributed by atoms with van der Waals surface area (Å²) in [6.07, 6.45) is 4.03. The molecule has 0 radical (unpaired) electrons. The van der Waals surface area contributed by atoms with Gasteiger partial charge in [0, 0.05) is 23.5 Å². The molecule has 3 N–H and O–H groups in total. The molecule has 0 aliphatic heterocycles. The number of anilines is 1. The van der Waals surface area contributed by atoms with Crippen molar-refractivity contribution in [3.8, 4) is 23.0 Å².